The van der Waals surface area contributed by atoms with Crippen molar-refractivity contribution in [1.29, 1.82) is 0 Å². The van der Waals surface area contributed by atoms with Crippen LogP contribution in [0.3, 0.4) is 0 Å². The first-order valence-electron chi connectivity index (χ1n) is 9.55. The summed E-state index contributed by atoms with van der Waals surface area (Å²) in [6.45, 7) is 3.35. The zero-order valence-electron chi connectivity index (χ0n) is 16.9. The highest BCUT2D eigenvalue weighted by Gasteiger charge is 2.27. The molecule has 0 aliphatic carbocycles. The average molecular weight is 399 g/mol. The average Bonchev–Trinajstić information content (AvgIpc) is 3.34. The molecular weight excluding hydrogens is 370 g/mol. The monoisotopic (exact) mass is 399 g/mol. The quantitative estimate of drug-likeness (QED) is 0.625. The van der Waals surface area contributed by atoms with Gasteiger partial charge in [0.25, 0.3) is 0 Å². The van der Waals surface area contributed by atoms with E-state index in [0.717, 1.165) is 42.5 Å². The summed E-state index contributed by atoms with van der Waals surface area (Å²) in [5.74, 6) is 0.734. The fraction of sp³-hybridized carbons (Fsp3) is 0.381. The van der Waals surface area contributed by atoms with Crippen molar-refractivity contribution < 1.29 is 14.1 Å². The molecule has 1 fully saturated rings. The molecule has 1 aliphatic rings. The fourth-order valence-electron chi connectivity index (χ4n) is 3.05. The standard InChI is InChI=1S/C15H22N4O.C6H7NO2/c1-19-8-2-3-14(19)15(20)18-10-11-4-6-12(7-5-11)13(17)9-16;1-5-4-6(2-3-8)9-7-5/h4-7,9,14H,2-3,8,10,16-17H2,1H3,(H,18,20);3-4H,2H2,1H3/b13-9-;. The van der Waals surface area contributed by atoms with Gasteiger partial charge in [-0.2, -0.15) is 0 Å². The molecule has 5 N–H and O–H groups in total. The molecule has 29 heavy (non-hydrogen) atoms. The number of aryl methyl sites for hydroxylation is 1. The highest BCUT2D eigenvalue weighted by atomic mass is 16.5. The minimum atomic E-state index is 0.0186. The normalized spacial score (nSPS) is 16.8. The summed E-state index contributed by atoms with van der Waals surface area (Å²) in [7, 11) is 1.99. The van der Waals surface area contributed by atoms with Crippen LogP contribution in [0.2, 0.25) is 0 Å². The molecular formula is C21H29N5O3. The topological polar surface area (TPSA) is 127 Å². The largest absolute Gasteiger partial charge is 0.403 e. The molecule has 156 valence electrons. The molecule has 3 rings (SSSR count). The van der Waals surface area contributed by atoms with Gasteiger partial charge in [0.15, 0.2) is 0 Å². The molecule has 8 heteroatoms. The summed E-state index contributed by atoms with van der Waals surface area (Å²) in [4.78, 5) is 24.1. The highest BCUT2D eigenvalue weighted by molar-refractivity contribution is 5.82. The number of carbonyl (C=O) groups is 2. The number of aromatic nitrogens is 1. The molecule has 1 saturated heterocycles. The van der Waals surface area contributed by atoms with Crippen molar-refractivity contribution in [1.82, 2.24) is 15.4 Å². The van der Waals surface area contributed by atoms with Gasteiger partial charge in [-0.1, -0.05) is 29.4 Å². The second-order valence-corrected chi connectivity index (χ2v) is 6.98. The third-order valence-electron chi connectivity index (χ3n) is 4.72. The van der Waals surface area contributed by atoms with E-state index in [1.807, 2.05) is 38.2 Å². The molecule has 0 saturated carbocycles. The third kappa shape index (κ3) is 6.76. The number of nitrogens with one attached hydrogen (secondary N) is 1. The Bertz CT molecular complexity index is 829. The molecule has 2 heterocycles. The third-order valence-corrected chi connectivity index (χ3v) is 4.72. The lowest BCUT2D eigenvalue weighted by atomic mass is 10.1. The van der Waals surface area contributed by atoms with Crippen molar-refractivity contribution in [3.05, 3.63) is 59.1 Å². The number of hydrogen-bond acceptors (Lipinski definition) is 7. The maximum atomic E-state index is 12.1. The lowest BCUT2D eigenvalue weighted by Crippen LogP contribution is -2.41. The number of amides is 1. The summed E-state index contributed by atoms with van der Waals surface area (Å²) in [5, 5.41) is 6.58. The Morgan fingerprint density at radius 1 is 1.38 bits per heavy atom. The number of hydrogen-bond donors (Lipinski definition) is 3. The Kier molecular flexibility index (Phi) is 8.42. The summed E-state index contributed by atoms with van der Waals surface area (Å²) in [6, 6.07) is 9.47. The number of likely N-dealkylation sites (N-methyl/N-ethyl adjacent to an activating group) is 1. The minimum Gasteiger partial charge on any atom is -0.403 e. The molecule has 1 aromatic heterocycles. The lowest BCUT2D eigenvalue weighted by Gasteiger charge is -2.18. The highest BCUT2D eigenvalue weighted by Crippen LogP contribution is 2.15. The lowest BCUT2D eigenvalue weighted by molar-refractivity contribution is -0.125. The van der Waals surface area contributed by atoms with Gasteiger partial charge in [0.2, 0.25) is 5.91 Å². The molecule has 2 aromatic rings. The first kappa shape index (κ1) is 22.2. The molecule has 0 spiro atoms. The molecule has 8 nitrogen and oxygen atoms in total. The van der Waals surface area contributed by atoms with Gasteiger partial charge in [0.1, 0.15) is 12.0 Å². The number of nitrogens with two attached hydrogens (primary N) is 2. The van der Waals surface area contributed by atoms with Crippen LogP contribution in [-0.2, 0) is 22.6 Å². The molecule has 1 atom stereocenters. The van der Waals surface area contributed by atoms with E-state index in [0.29, 0.717) is 24.4 Å². The van der Waals surface area contributed by atoms with Gasteiger partial charge in [-0.05, 0) is 44.5 Å². The number of carbonyl (C=O) groups excluding carboxylic acids is 2. The number of rotatable bonds is 6. The Labute approximate surface area is 170 Å². The van der Waals surface area contributed by atoms with E-state index in [9.17, 15) is 9.59 Å². The van der Waals surface area contributed by atoms with Crippen molar-refractivity contribution >= 4 is 17.9 Å². The van der Waals surface area contributed by atoms with E-state index >= 15 is 0 Å². The number of likely N-dealkylation sites (tertiary alicyclic amines) is 1. The molecule has 1 unspecified atom stereocenters. The summed E-state index contributed by atoms with van der Waals surface area (Å²) < 4.78 is 4.72. The Morgan fingerprint density at radius 3 is 2.62 bits per heavy atom. The van der Waals surface area contributed by atoms with E-state index in [2.05, 4.69) is 15.4 Å². The van der Waals surface area contributed by atoms with E-state index in [-0.39, 0.29) is 11.9 Å². The van der Waals surface area contributed by atoms with E-state index in [1.54, 1.807) is 6.07 Å². The second-order valence-electron chi connectivity index (χ2n) is 6.98. The smallest absolute Gasteiger partial charge is 0.237 e. The van der Waals surface area contributed by atoms with Crippen LogP contribution >= 0.6 is 0 Å². The predicted molar refractivity (Wildman–Crippen MR) is 111 cm³/mol. The van der Waals surface area contributed by atoms with Crippen molar-refractivity contribution in [2.24, 2.45) is 11.5 Å². The van der Waals surface area contributed by atoms with Gasteiger partial charge < -0.3 is 26.1 Å². The summed E-state index contributed by atoms with van der Waals surface area (Å²) in [6.07, 6.45) is 4.53. The van der Waals surface area contributed by atoms with Crippen molar-refractivity contribution in [2.75, 3.05) is 13.6 Å². The van der Waals surface area contributed by atoms with Gasteiger partial charge in [0, 0.05) is 18.8 Å². The van der Waals surface area contributed by atoms with Crippen LogP contribution in [0.4, 0.5) is 0 Å². The van der Waals surface area contributed by atoms with E-state index in [1.165, 1.54) is 6.20 Å². The molecule has 0 radical (unpaired) electrons. The van der Waals surface area contributed by atoms with Crippen LogP contribution < -0.4 is 16.8 Å². The first-order valence-corrected chi connectivity index (χ1v) is 9.55. The zero-order valence-corrected chi connectivity index (χ0v) is 16.9. The predicted octanol–water partition coefficient (Wildman–Crippen LogP) is 1.34. The Hall–Kier alpha value is -3.13. The van der Waals surface area contributed by atoms with Crippen LogP contribution in [0.5, 0.6) is 0 Å². The van der Waals surface area contributed by atoms with Gasteiger partial charge in [-0.25, -0.2) is 0 Å². The Morgan fingerprint density at radius 2 is 2.10 bits per heavy atom. The van der Waals surface area contributed by atoms with Crippen LogP contribution in [0.15, 0.2) is 41.1 Å². The van der Waals surface area contributed by atoms with Gasteiger partial charge in [0.05, 0.1) is 23.9 Å². The van der Waals surface area contributed by atoms with E-state index in [4.69, 9.17) is 16.0 Å². The van der Waals surface area contributed by atoms with Crippen LogP contribution in [0.1, 0.15) is 35.4 Å². The maximum Gasteiger partial charge on any atom is 0.237 e. The van der Waals surface area contributed by atoms with Crippen molar-refractivity contribution in [3.8, 4) is 0 Å². The van der Waals surface area contributed by atoms with Crippen LogP contribution in [-0.4, -0.2) is 41.9 Å². The molecule has 0 bridgehead atoms. The molecule has 1 aromatic carbocycles. The van der Waals surface area contributed by atoms with Gasteiger partial charge in [-0.15, -0.1) is 0 Å². The van der Waals surface area contributed by atoms with Gasteiger partial charge >= 0.3 is 0 Å². The number of aldehydes is 1. The van der Waals surface area contributed by atoms with Crippen LogP contribution in [0, 0.1) is 6.92 Å². The summed E-state index contributed by atoms with van der Waals surface area (Å²) in [5.41, 5.74) is 14.4. The Balaban J connectivity index is 0.000000278. The van der Waals surface area contributed by atoms with Gasteiger partial charge in [-0.3, -0.25) is 9.69 Å². The zero-order chi connectivity index (χ0) is 21.2. The summed E-state index contributed by atoms with van der Waals surface area (Å²) >= 11 is 0. The minimum absolute atomic E-state index is 0.0186. The van der Waals surface area contributed by atoms with Crippen LogP contribution in [0.25, 0.3) is 5.70 Å². The fourth-order valence-corrected chi connectivity index (χ4v) is 3.05. The molecule has 1 aliphatic heterocycles. The second kappa shape index (κ2) is 11.0. The van der Waals surface area contributed by atoms with E-state index < -0.39 is 0 Å². The van der Waals surface area contributed by atoms with Crippen molar-refractivity contribution in [2.45, 2.75) is 38.8 Å². The first-order chi connectivity index (χ1) is 13.9. The number of nitrogens with zero attached hydrogens (tertiary/aromatic N) is 2. The SMILES string of the molecule is CN1CCCC1C(=O)NCc1ccc(/C(N)=C/N)cc1.Cc1cc(CC=O)on1. The number of benzene rings is 1. The van der Waals surface area contributed by atoms with Crippen molar-refractivity contribution in [3.63, 3.8) is 0 Å². The maximum absolute atomic E-state index is 12.1. The molecule has 1 amide bonds.